The van der Waals surface area contributed by atoms with Crippen LogP contribution in [0.15, 0.2) is 0 Å². The van der Waals surface area contributed by atoms with Crippen LogP contribution in [0, 0.1) is 0 Å². The van der Waals surface area contributed by atoms with E-state index in [9.17, 15) is 94.6 Å². The Morgan fingerprint density at radius 3 is 1.39 bits per heavy atom. The minimum Gasteiger partial charge on any atom is -0.394 e. The zero-order valence-electron chi connectivity index (χ0n) is 40.2. The fraction of sp³-hybridized carbons (Fsp3) is 0.950. The Morgan fingerprint density at radius 1 is 0.440 bits per heavy atom. The summed E-state index contributed by atoms with van der Waals surface area (Å²) in [7, 11) is -5.12. The van der Waals surface area contributed by atoms with E-state index in [0.29, 0.717) is 0 Å². The molecule has 6 rings (SSSR count). The molecule has 6 fully saturated rings. The first-order valence-corrected chi connectivity index (χ1v) is 24.8. The molecule has 30 atom stereocenters. The summed E-state index contributed by atoms with van der Waals surface area (Å²) in [6.07, 6.45) is -54.1. The third-order valence-corrected chi connectivity index (χ3v) is 13.8. The molecule has 6 heterocycles. The highest BCUT2D eigenvalue weighted by Crippen LogP contribution is 2.38. The first-order chi connectivity index (χ1) is 35.1. The van der Waals surface area contributed by atoms with Gasteiger partial charge in [0.2, 0.25) is 11.8 Å². The number of rotatable bonds is 18. The lowest BCUT2D eigenvalue weighted by molar-refractivity contribution is -0.410. The number of carbonyl (C=O) groups is 2. The summed E-state index contributed by atoms with van der Waals surface area (Å²) >= 11 is 0. The zero-order valence-corrected chi connectivity index (χ0v) is 41.1. The molecule has 0 spiro atoms. The summed E-state index contributed by atoms with van der Waals surface area (Å²) in [5, 5.41) is 168. The summed E-state index contributed by atoms with van der Waals surface area (Å²) in [5.74, 6) is -1.67. The Balaban J connectivity index is 1.35. The van der Waals surface area contributed by atoms with Gasteiger partial charge in [-0.2, -0.15) is 8.42 Å². The normalized spacial score (nSPS) is 49.0. The van der Waals surface area contributed by atoms with E-state index >= 15 is 0 Å². The quantitative estimate of drug-likeness (QED) is 0.0567. The number of ether oxygens (including phenoxy) is 11. The fourth-order valence-corrected chi connectivity index (χ4v) is 9.50. The standard InChI is InChI=1S/C40H68N2O32S/c1-9-19(47)26(54)29(57)37(65-9)73-33-28(56)21(49)13(5-43)68-39(33)72-32-23(51)14(6-44)69-40(34(32)74-38-30(58)27(55)20(48)10(2)66-38)71-31-18(42-12(4)46)35(59)67-15(24(31)52)7-63-36-17(41-11(3)45)25(53)22(50)16(70-36)8-64-75(60,61)62/h9-10,13-40,43-44,47-59H,5-8H2,1-4H3,(H,41,45)(H,42,46)(H,60,61,62)/t9-,10-,13+,14+,15+,16+,17+,18+,19+,20+,21-,22+,23-,24-,25+,26+,27+,28-,29-,30-,31+,32-,33+,34+,35+,36+,37-,38-,39-,40-/m0/s1. The molecule has 436 valence electrons. The Hall–Kier alpha value is -2.23. The fourth-order valence-electron chi connectivity index (χ4n) is 9.20. The largest absolute Gasteiger partial charge is 0.397 e. The lowest BCUT2D eigenvalue weighted by atomic mass is 9.94. The van der Waals surface area contributed by atoms with E-state index in [1.54, 1.807) is 0 Å². The van der Waals surface area contributed by atoms with Gasteiger partial charge in [0.1, 0.15) is 134 Å². The van der Waals surface area contributed by atoms with Gasteiger partial charge in [0.15, 0.2) is 37.7 Å². The van der Waals surface area contributed by atoms with Gasteiger partial charge in [-0.25, -0.2) is 4.18 Å². The summed E-state index contributed by atoms with van der Waals surface area (Å²) in [6, 6.07) is -3.46. The lowest BCUT2D eigenvalue weighted by Crippen LogP contribution is -2.70. The summed E-state index contributed by atoms with van der Waals surface area (Å²) in [5.41, 5.74) is 0. The monoisotopic (exact) mass is 1120 g/mol. The van der Waals surface area contributed by atoms with Crippen molar-refractivity contribution in [1.82, 2.24) is 10.6 Å². The van der Waals surface area contributed by atoms with E-state index in [-0.39, 0.29) is 0 Å². The van der Waals surface area contributed by atoms with Crippen molar-refractivity contribution < 1.29 is 155 Å². The molecule has 2 amide bonds. The average molecular weight is 1120 g/mol. The topological polar surface area (TPSA) is 527 Å². The maximum Gasteiger partial charge on any atom is 0.397 e. The summed E-state index contributed by atoms with van der Waals surface area (Å²) in [6.45, 7) is 0.400. The molecule has 6 aliphatic heterocycles. The van der Waals surface area contributed by atoms with Gasteiger partial charge >= 0.3 is 10.4 Å². The second-order valence-corrected chi connectivity index (χ2v) is 19.9. The van der Waals surface area contributed by atoms with E-state index in [0.717, 1.165) is 13.8 Å². The van der Waals surface area contributed by atoms with Gasteiger partial charge in [0.05, 0.1) is 38.6 Å². The number of aliphatic hydroxyl groups excluding tert-OH is 15. The highest BCUT2D eigenvalue weighted by Gasteiger charge is 2.58. The van der Waals surface area contributed by atoms with Crippen molar-refractivity contribution in [2.45, 2.75) is 212 Å². The lowest BCUT2D eigenvalue weighted by Gasteiger charge is -2.51. The molecule has 6 saturated heterocycles. The predicted octanol–water partition coefficient (Wildman–Crippen LogP) is -11.9. The first-order valence-electron chi connectivity index (χ1n) is 23.5. The molecular weight excluding hydrogens is 1050 g/mol. The van der Waals surface area contributed by atoms with E-state index in [1.807, 2.05) is 0 Å². The average Bonchev–Trinajstić information content (AvgIpc) is 3.34. The number of carbonyl (C=O) groups excluding carboxylic acids is 2. The Kier molecular flexibility index (Phi) is 21.4. The van der Waals surface area contributed by atoms with Crippen molar-refractivity contribution in [2.24, 2.45) is 0 Å². The van der Waals surface area contributed by atoms with Crippen LogP contribution < -0.4 is 10.6 Å². The van der Waals surface area contributed by atoms with E-state index in [2.05, 4.69) is 14.8 Å². The molecule has 0 radical (unpaired) electrons. The van der Waals surface area contributed by atoms with Gasteiger partial charge in [0, 0.05) is 13.8 Å². The maximum atomic E-state index is 12.6. The maximum absolute atomic E-state index is 12.6. The van der Waals surface area contributed by atoms with Gasteiger partial charge < -0.3 is 139 Å². The van der Waals surface area contributed by atoms with Crippen molar-refractivity contribution in [2.75, 3.05) is 26.4 Å². The molecule has 34 nitrogen and oxygen atoms in total. The molecule has 0 aromatic rings. The molecule has 0 saturated carbocycles. The molecule has 0 bridgehead atoms. The third-order valence-electron chi connectivity index (χ3n) is 13.3. The van der Waals surface area contributed by atoms with Gasteiger partial charge in [-0.05, 0) is 13.8 Å². The van der Waals surface area contributed by atoms with Crippen molar-refractivity contribution in [1.29, 1.82) is 0 Å². The van der Waals surface area contributed by atoms with Crippen LogP contribution in [-0.4, -0.2) is 312 Å². The minimum absolute atomic E-state index is 0.802. The van der Waals surface area contributed by atoms with Crippen LogP contribution in [0.2, 0.25) is 0 Å². The van der Waals surface area contributed by atoms with Crippen LogP contribution in [0.25, 0.3) is 0 Å². The Bertz CT molecular complexity index is 1970. The molecule has 35 heteroatoms. The molecule has 0 aliphatic carbocycles. The molecule has 18 N–H and O–H groups in total. The number of amides is 2. The number of hydrogen-bond donors (Lipinski definition) is 18. The number of hydrogen-bond acceptors (Lipinski definition) is 31. The number of aliphatic hydroxyl groups is 15. The van der Waals surface area contributed by atoms with Crippen molar-refractivity contribution in [3.63, 3.8) is 0 Å². The molecule has 0 aromatic heterocycles. The second kappa shape index (κ2) is 25.9. The smallest absolute Gasteiger partial charge is 0.394 e. The molecule has 75 heavy (non-hydrogen) atoms. The zero-order chi connectivity index (χ0) is 55.7. The highest BCUT2D eigenvalue weighted by atomic mass is 32.3. The summed E-state index contributed by atoms with van der Waals surface area (Å²) < 4.78 is 100. The summed E-state index contributed by atoms with van der Waals surface area (Å²) in [4.78, 5) is 24.7. The van der Waals surface area contributed by atoms with Crippen molar-refractivity contribution >= 4 is 22.2 Å². The Labute approximate surface area is 425 Å². The molecular formula is C40H68N2O32S. The highest BCUT2D eigenvalue weighted by molar-refractivity contribution is 7.80. The molecule has 0 unspecified atom stereocenters. The SMILES string of the molecule is CC(=O)N[C@@H]1[C@@H](O[C@@H]2O[C@H](CO)[C@H](O)[C@H](O[C@@H]3O[C@H](CO)[C@H](O)[C@H](O)[C@H]3O[C@@H]3O[C@@H](C)[C@@H](O)[C@@H](O)[C@@H]3O)[C@H]2O[C@@H]2O[C@@H](C)[C@@H](O)[C@@H](O)[C@@H]2O)[C@@H](O)[C@@H](CO[C@@H]2O[C@H](COS(=O)(=O)O)[C@@H](O)[C@H](O)[C@H]2NC(C)=O)O[C@H]1O. The van der Waals surface area contributed by atoms with Crippen LogP contribution in [-0.2, 0) is 76.3 Å². The van der Waals surface area contributed by atoms with Crippen LogP contribution in [0.4, 0.5) is 0 Å². The van der Waals surface area contributed by atoms with Crippen LogP contribution in [0.3, 0.4) is 0 Å². The molecule has 6 aliphatic rings. The predicted molar refractivity (Wildman–Crippen MR) is 230 cm³/mol. The Morgan fingerprint density at radius 2 is 0.867 bits per heavy atom. The number of nitrogens with one attached hydrogen (secondary N) is 2. The van der Waals surface area contributed by atoms with Crippen LogP contribution in [0.1, 0.15) is 27.7 Å². The van der Waals surface area contributed by atoms with Crippen LogP contribution >= 0.6 is 0 Å². The van der Waals surface area contributed by atoms with E-state index in [4.69, 9.17) is 56.7 Å². The van der Waals surface area contributed by atoms with Gasteiger partial charge in [-0.1, -0.05) is 0 Å². The van der Waals surface area contributed by atoms with Crippen molar-refractivity contribution in [3.8, 4) is 0 Å². The minimum atomic E-state index is -5.12. The van der Waals surface area contributed by atoms with Gasteiger partial charge in [-0.15, -0.1) is 0 Å². The van der Waals surface area contributed by atoms with Gasteiger partial charge in [0.25, 0.3) is 0 Å². The first kappa shape index (κ1) is 62.0. The van der Waals surface area contributed by atoms with E-state index < -0.39 is 233 Å². The van der Waals surface area contributed by atoms with Crippen molar-refractivity contribution in [3.05, 3.63) is 0 Å². The second-order valence-electron chi connectivity index (χ2n) is 18.8. The third kappa shape index (κ3) is 14.2. The molecule has 0 aromatic carbocycles. The van der Waals surface area contributed by atoms with Crippen LogP contribution in [0.5, 0.6) is 0 Å². The van der Waals surface area contributed by atoms with E-state index in [1.165, 1.54) is 13.8 Å². The van der Waals surface area contributed by atoms with Gasteiger partial charge in [-0.3, -0.25) is 14.1 Å².